The monoisotopic (exact) mass is 344 g/mol. The SMILES string of the molecule is CC(C)C[C@@H](C(=O)NCCCC(=O)[O-])n1cnc2ccccc2c1=O. The lowest BCUT2D eigenvalue weighted by Crippen LogP contribution is -2.38. The molecule has 1 heterocycles. The van der Waals surface area contributed by atoms with Crippen molar-refractivity contribution in [1.29, 1.82) is 0 Å². The van der Waals surface area contributed by atoms with E-state index in [4.69, 9.17) is 0 Å². The van der Waals surface area contributed by atoms with Crippen LogP contribution in [0.15, 0.2) is 35.4 Å². The van der Waals surface area contributed by atoms with E-state index >= 15 is 0 Å². The van der Waals surface area contributed by atoms with Crippen LogP contribution in [-0.4, -0.2) is 28.0 Å². The van der Waals surface area contributed by atoms with Crippen molar-refractivity contribution < 1.29 is 14.7 Å². The molecule has 0 spiro atoms. The number of fused-ring (bicyclic) bond motifs is 1. The summed E-state index contributed by atoms with van der Waals surface area (Å²) in [6.07, 6.45) is 2.05. The van der Waals surface area contributed by atoms with Gasteiger partial charge in [-0.15, -0.1) is 0 Å². The zero-order valence-electron chi connectivity index (χ0n) is 14.4. The molecule has 1 atom stereocenters. The lowest BCUT2D eigenvalue weighted by molar-refractivity contribution is -0.305. The average molecular weight is 344 g/mol. The second kappa shape index (κ2) is 8.41. The molecule has 0 fully saturated rings. The van der Waals surface area contributed by atoms with Crippen molar-refractivity contribution in [2.45, 2.75) is 39.2 Å². The smallest absolute Gasteiger partial charge is 0.261 e. The van der Waals surface area contributed by atoms with E-state index in [9.17, 15) is 19.5 Å². The van der Waals surface area contributed by atoms with Crippen molar-refractivity contribution in [3.8, 4) is 0 Å². The number of amides is 1. The van der Waals surface area contributed by atoms with E-state index in [1.807, 2.05) is 13.8 Å². The van der Waals surface area contributed by atoms with Crippen LogP contribution < -0.4 is 16.0 Å². The van der Waals surface area contributed by atoms with Crippen LogP contribution in [0.1, 0.15) is 39.2 Å². The number of carboxylic acids is 1. The first-order valence-electron chi connectivity index (χ1n) is 8.33. The average Bonchev–Trinajstić information content (AvgIpc) is 2.57. The Kier molecular flexibility index (Phi) is 6.27. The maximum atomic E-state index is 12.7. The van der Waals surface area contributed by atoms with Crippen LogP contribution in [0.25, 0.3) is 10.9 Å². The Morgan fingerprint density at radius 1 is 1.28 bits per heavy atom. The molecule has 0 aliphatic carbocycles. The normalized spacial score (nSPS) is 12.3. The summed E-state index contributed by atoms with van der Waals surface area (Å²) in [7, 11) is 0. The minimum absolute atomic E-state index is 0.118. The highest BCUT2D eigenvalue weighted by atomic mass is 16.4. The lowest BCUT2D eigenvalue weighted by Gasteiger charge is -2.21. The first-order valence-corrected chi connectivity index (χ1v) is 8.33. The van der Waals surface area contributed by atoms with Crippen molar-refractivity contribution in [3.05, 3.63) is 40.9 Å². The maximum Gasteiger partial charge on any atom is 0.261 e. The van der Waals surface area contributed by atoms with E-state index in [0.717, 1.165) is 0 Å². The van der Waals surface area contributed by atoms with Crippen LogP contribution in [0.2, 0.25) is 0 Å². The molecule has 1 aromatic heterocycles. The lowest BCUT2D eigenvalue weighted by atomic mass is 10.0. The largest absolute Gasteiger partial charge is 0.550 e. The highest BCUT2D eigenvalue weighted by Gasteiger charge is 2.23. The number of hydrogen-bond donors (Lipinski definition) is 1. The molecule has 134 valence electrons. The molecule has 0 bridgehead atoms. The Labute approximate surface area is 145 Å². The number of benzene rings is 1. The molecule has 7 heteroatoms. The molecule has 1 N–H and O–H groups in total. The number of carbonyl (C=O) groups is 2. The Bertz CT molecular complexity index is 813. The summed E-state index contributed by atoms with van der Waals surface area (Å²) in [6.45, 7) is 4.16. The number of para-hydroxylation sites is 1. The van der Waals surface area contributed by atoms with Gasteiger partial charge in [0, 0.05) is 12.5 Å². The van der Waals surface area contributed by atoms with Gasteiger partial charge in [-0.05, 0) is 37.3 Å². The Balaban J connectivity index is 2.25. The molecule has 0 saturated carbocycles. The second-order valence-corrected chi connectivity index (χ2v) is 6.39. The number of rotatable bonds is 8. The predicted octanol–water partition coefficient (Wildman–Crippen LogP) is 0.630. The minimum atomic E-state index is -1.15. The van der Waals surface area contributed by atoms with Crippen molar-refractivity contribution in [1.82, 2.24) is 14.9 Å². The highest BCUT2D eigenvalue weighted by molar-refractivity contribution is 5.81. The maximum absolute atomic E-state index is 12.7. The third-order valence-corrected chi connectivity index (χ3v) is 3.88. The first-order chi connectivity index (χ1) is 11.9. The summed E-state index contributed by atoms with van der Waals surface area (Å²) in [5.74, 6) is -1.27. The Hall–Kier alpha value is -2.70. The fourth-order valence-corrected chi connectivity index (χ4v) is 2.66. The fourth-order valence-electron chi connectivity index (χ4n) is 2.66. The van der Waals surface area contributed by atoms with Crippen LogP contribution in [0.3, 0.4) is 0 Å². The third-order valence-electron chi connectivity index (χ3n) is 3.88. The summed E-state index contributed by atoms with van der Waals surface area (Å²) < 4.78 is 1.36. The van der Waals surface area contributed by atoms with Gasteiger partial charge in [-0.2, -0.15) is 0 Å². The summed E-state index contributed by atoms with van der Waals surface area (Å²) in [5, 5.41) is 13.6. The number of hydrogen-bond acceptors (Lipinski definition) is 5. The quantitative estimate of drug-likeness (QED) is 0.707. The Morgan fingerprint density at radius 2 is 2.00 bits per heavy atom. The number of aliphatic carboxylic acids is 1. The second-order valence-electron chi connectivity index (χ2n) is 6.39. The molecule has 0 unspecified atom stereocenters. The van der Waals surface area contributed by atoms with Gasteiger partial charge in [0.2, 0.25) is 5.91 Å². The van der Waals surface area contributed by atoms with E-state index in [1.165, 1.54) is 10.9 Å². The molecule has 0 aliphatic rings. The zero-order chi connectivity index (χ0) is 18.4. The van der Waals surface area contributed by atoms with Gasteiger partial charge in [-0.25, -0.2) is 4.98 Å². The van der Waals surface area contributed by atoms with Gasteiger partial charge in [0.15, 0.2) is 0 Å². The molecule has 0 radical (unpaired) electrons. The zero-order valence-corrected chi connectivity index (χ0v) is 14.4. The molecule has 2 rings (SSSR count). The van der Waals surface area contributed by atoms with E-state index in [0.29, 0.717) is 17.3 Å². The number of nitrogens with zero attached hydrogens (tertiary/aromatic N) is 2. The molecular formula is C18H22N3O4-. The van der Waals surface area contributed by atoms with Gasteiger partial charge in [0.05, 0.1) is 17.2 Å². The van der Waals surface area contributed by atoms with Gasteiger partial charge in [-0.3, -0.25) is 14.2 Å². The van der Waals surface area contributed by atoms with Crippen LogP contribution in [0.4, 0.5) is 0 Å². The van der Waals surface area contributed by atoms with E-state index < -0.39 is 12.0 Å². The van der Waals surface area contributed by atoms with Gasteiger partial charge >= 0.3 is 0 Å². The van der Waals surface area contributed by atoms with Crippen molar-refractivity contribution in [2.24, 2.45) is 5.92 Å². The number of nitrogens with one attached hydrogen (secondary N) is 1. The van der Waals surface area contributed by atoms with Gasteiger partial charge in [0.25, 0.3) is 5.56 Å². The number of carboxylic acid groups (broad SMARTS) is 1. The third kappa shape index (κ3) is 4.89. The summed E-state index contributed by atoms with van der Waals surface area (Å²) in [5.41, 5.74) is 0.322. The van der Waals surface area contributed by atoms with Crippen molar-refractivity contribution >= 4 is 22.8 Å². The fraction of sp³-hybridized carbons (Fsp3) is 0.444. The highest BCUT2D eigenvalue weighted by Crippen LogP contribution is 2.17. The Morgan fingerprint density at radius 3 is 2.68 bits per heavy atom. The van der Waals surface area contributed by atoms with E-state index in [1.54, 1.807) is 24.3 Å². The summed E-state index contributed by atoms with van der Waals surface area (Å²) in [4.78, 5) is 40.0. The van der Waals surface area contributed by atoms with Gasteiger partial charge in [0.1, 0.15) is 6.04 Å². The van der Waals surface area contributed by atoms with Crippen LogP contribution in [0, 0.1) is 5.92 Å². The topological polar surface area (TPSA) is 104 Å². The van der Waals surface area contributed by atoms with E-state index in [-0.39, 0.29) is 36.8 Å². The van der Waals surface area contributed by atoms with E-state index in [2.05, 4.69) is 10.3 Å². The molecule has 0 aliphatic heterocycles. The summed E-state index contributed by atoms with van der Waals surface area (Å²) >= 11 is 0. The number of carbonyl (C=O) groups excluding carboxylic acids is 2. The minimum Gasteiger partial charge on any atom is -0.550 e. The molecule has 2 aromatic rings. The number of aromatic nitrogens is 2. The van der Waals surface area contributed by atoms with Gasteiger partial charge in [-0.1, -0.05) is 26.0 Å². The van der Waals surface area contributed by atoms with Crippen molar-refractivity contribution in [2.75, 3.05) is 6.54 Å². The predicted molar refractivity (Wildman–Crippen MR) is 91.7 cm³/mol. The summed E-state index contributed by atoms with van der Waals surface area (Å²) in [6, 6.07) is 6.30. The molecule has 1 amide bonds. The molecule has 7 nitrogen and oxygen atoms in total. The van der Waals surface area contributed by atoms with Crippen LogP contribution in [-0.2, 0) is 9.59 Å². The standard InChI is InChI=1S/C18H23N3O4/c1-12(2)10-15(17(24)19-9-5-8-16(22)23)21-11-20-14-7-4-3-6-13(14)18(21)25/h3-4,6-7,11-12,15H,5,8-10H2,1-2H3,(H,19,24)(H,22,23)/p-1/t15-/m0/s1. The molecular weight excluding hydrogens is 322 g/mol. The molecule has 1 aromatic carbocycles. The van der Waals surface area contributed by atoms with Crippen LogP contribution >= 0.6 is 0 Å². The first kappa shape index (κ1) is 18.6. The van der Waals surface area contributed by atoms with Crippen LogP contribution in [0.5, 0.6) is 0 Å². The molecule has 0 saturated heterocycles. The van der Waals surface area contributed by atoms with Gasteiger partial charge < -0.3 is 15.2 Å². The van der Waals surface area contributed by atoms with Crippen molar-refractivity contribution in [3.63, 3.8) is 0 Å². The molecule has 25 heavy (non-hydrogen) atoms.